The Hall–Kier alpha value is -0.630. The maximum Gasteiger partial charge on any atom is 0.141 e. The summed E-state index contributed by atoms with van der Waals surface area (Å²) in [5, 5.41) is 9.21. The molecule has 0 aliphatic heterocycles. The molecule has 0 amide bonds. The number of allylic oxidation sites excluding steroid dienone is 1. The molecule has 1 aliphatic rings. The summed E-state index contributed by atoms with van der Waals surface area (Å²) in [6.07, 6.45) is 2.92. The summed E-state index contributed by atoms with van der Waals surface area (Å²) < 4.78 is 0. The summed E-state index contributed by atoms with van der Waals surface area (Å²) in [4.78, 5) is 11.3. The Kier molecular flexibility index (Phi) is 2.14. The van der Waals surface area contributed by atoms with E-state index in [-0.39, 0.29) is 11.2 Å². The summed E-state index contributed by atoms with van der Waals surface area (Å²) in [5.41, 5.74) is -0.332. The molecule has 0 saturated heterocycles. The van der Waals surface area contributed by atoms with Crippen LogP contribution in [0.5, 0.6) is 0 Å². The third kappa shape index (κ3) is 1.51. The van der Waals surface area contributed by atoms with Crippen LogP contribution in [0.3, 0.4) is 0 Å². The minimum absolute atomic E-state index is 0.171. The highest BCUT2D eigenvalue weighted by atomic mass is 16.3. The number of carbonyl (C=O) groups is 1. The van der Waals surface area contributed by atoms with Gasteiger partial charge in [0, 0.05) is 11.8 Å². The lowest BCUT2D eigenvalue weighted by molar-refractivity contribution is -0.125. The summed E-state index contributed by atoms with van der Waals surface area (Å²) in [6, 6.07) is 0. The van der Waals surface area contributed by atoms with Crippen LogP contribution in [0.25, 0.3) is 0 Å². The Morgan fingerprint density at radius 2 is 2.55 bits per heavy atom. The monoisotopic (exact) mass is 154 g/mol. The first kappa shape index (κ1) is 8.47. The molecule has 0 aromatic heterocycles. The van der Waals surface area contributed by atoms with E-state index >= 15 is 0 Å². The number of aliphatic hydroxyl groups excluding tert-OH is 1. The summed E-state index contributed by atoms with van der Waals surface area (Å²) in [5.74, 6) is 0.171. The maximum atomic E-state index is 11.3. The van der Waals surface area contributed by atoms with Gasteiger partial charge in [-0.15, -0.1) is 6.58 Å². The molecule has 1 rings (SSSR count). The minimum atomic E-state index is -0.424. The normalized spacial score (nSPS) is 37.6. The van der Waals surface area contributed by atoms with Crippen LogP contribution in [0.4, 0.5) is 0 Å². The van der Waals surface area contributed by atoms with E-state index in [4.69, 9.17) is 0 Å². The number of Topliss-reactive ketones (excluding diaryl/α,β-unsaturated/α-hetero) is 1. The van der Waals surface area contributed by atoms with Crippen molar-refractivity contribution >= 4 is 5.78 Å². The van der Waals surface area contributed by atoms with Gasteiger partial charge < -0.3 is 5.11 Å². The van der Waals surface area contributed by atoms with Crippen LogP contribution in [0.1, 0.15) is 26.2 Å². The standard InChI is InChI=1S/C9H14O2/c1-3-4-9(2)6-7(10)5-8(9)11/h3,7,10H,1,4-6H2,2H3/t7-,9-/m0/s1. The van der Waals surface area contributed by atoms with E-state index in [1.54, 1.807) is 6.08 Å². The Morgan fingerprint density at radius 1 is 1.91 bits per heavy atom. The number of aliphatic hydroxyl groups is 1. The number of ketones is 1. The van der Waals surface area contributed by atoms with Crippen molar-refractivity contribution in [3.8, 4) is 0 Å². The van der Waals surface area contributed by atoms with E-state index in [0.717, 1.165) is 0 Å². The number of hydrogen-bond donors (Lipinski definition) is 1. The smallest absolute Gasteiger partial charge is 0.141 e. The van der Waals surface area contributed by atoms with Crippen LogP contribution < -0.4 is 0 Å². The van der Waals surface area contributed by atoms with Gasteiger partial charge in [0.2, 0.25) is 0 Å². The molecule has 0 aromatic carbocycles. The fourth-order valence-electron chi connectivity index (χ4n) is 1.68. The van der Waals surface area contributed by atoms with Crippen LogP contribution in [0, 0.1) is 5.41 Å². The van der Waals surface area contributed by atoms with Crippen LogP contribution in [-0.4, -0.2) is 17.0 Å². The van der Waals surface area contributed by atoms with Gasteiger partial charge in [-0.05, 0) is 12.8 Å². The Bertz CT molecular complexity index is 186. The van der Waals surface area contributed by atoms with Crippen molar-refractivity contribution in [2.75, 3.05) is 0 Å². The molecule has 2 nitrogen and oxygen atoms in total. The fourth-order valence-corrected chi connectivity index (χ4v) is 1.68. The highest BCUT2D eigenvalue weighted by Crippen LogP contribution is 2.37. The molecule has 0 spiro atoms. The first-order chi connectivity index (χ1) is 5.08. The zero-order valence-electron chi connectivity index (χ0n) is 6.84. The van der Waals surface area contributed by atoms with Gasteiger partial charge in [0.1, 0.15) is 5.78 Å². The van der Waals surface area contributed by atoms with Gasteiger partial charge in [-0.25, -0.2) is 0 Å². The Morgan fingerprint density at radius 3 is 2.91 bits per heavy atom. The first-order valence-electron chi connectivity index (χ1n) is 3.91. The van der Waals surface area contributed by atoms with Gasteiger partial charge in [0.25, 0.3) is 0 Å². The van der Waals surface area contributed by atoms with Crippen molar-refractivity contribution in [3.05, 3.63) is 12.7 Å². The summed E-state index contributed by atoms with van der Waals surface area (Å²) in [7, 11) is 0. The SMILES string of the molecule is C=CC[C@@]1(C)C[C@@H](O)CC1=O. The molecular weight excluding hydrogens is 140 g/mol. The Labute approximate surface area is 66.9 Å². The third-order valence-corrected chi connectivity index (χ3v) is 2.38. The van der Waals surface area contributed by atoms with E-state index in [1.807, 2.05) is 6.92 Å². The van der Waals surface area contributed by atoms with Crippen molar-refractivity contribution in [2.45, 2.75) is 32.3 Å². The molecule has 1 fully saturated rings. The second-order valence-corrected chi connectivity index (χ2v) is 3.54. The lowest BCUT2D eigenvalue weighted by Crippen LogP contribution is -2.20. The van der Waals surface area contributed by atoms with Crippen molar-refractivity contribution in [1.82, 2.24) is 0 Å². The second kappa shape index (κ2) is 2.78. The van der Waals surface area contributed by atoms with E-state index in [0.29, 0.717) is 19.3 Å². The Balaban J connectivity index is 2.70. The van der Waals surface area contributed by atoms with Crippen molar-refractivity contribution < 1.29 is 9.90 Å². The van der Waals surface area contributed by atoms with E-state index in [9.17, 15) is 9.90 Å². The quantitative estimate of drug-likeness (QED) is 0.608. The first-order valence-corrected chi connectivity index (χ1v) is 3.91. The average molecular weight is 154 g/mol. The molecule has 2 heteroatoms. The lowest BCUT2D eigenvalue weighted by atomic mass is 9.84. The molecule has 0 bridgehead atoms. The fraction of sp³-hybridized carbons (Fsp3) is 0.667. The van der Waals surface area contributed by atoms with Gasteiger partial charge >= 0.3 is 0 Å². The van der Waals surface area contributed by atoms with Gasteiger partial charge in [-0.1, -0.05) is 13.0 Å². The molecule has 62 valence electrons. The van der Waals surface area contributed by atoms with E-state index in [2.05, 4.69) is 6.58 Å². The lowest BCUT2D eigenvalue weighted by Gasteiger charge is -2.18. The largest absolute Gasteiger partial charge is 0.393 e. The molecule has 2 atom stereocenters. The highest BCUT2D eigenvalue weighted by molar-refractivity contribution is 5.87. The minimum Gasteiger partial charge on any atom is -0.393 e. The van der Waals surface area contributed by atoms with Crippen LogP contribution >= 0.6 is 0 Å². The highest BCUT2D eigenvalue weighted by Gasteiger charge is 2.40. The predicted molar refractivity (Wildman–Crippen MR) is 43.2 cm³/mol. The number of carbonyl (C=O) groups excluding carboxylic acids is 1. The van der Waals surface area contributed by atoms with Gasteiger partial charge in [0.05, 0.1) is 6.10 Å². The second-order valence-electron chi connectivity index (χ2n) is 3.54. The third-order valence-electron chi connectivity index (χ3n) is 2.38. The molecule has 0 aromatic rings. The van der Waals surface area contributed by atoms with Gasteiger partial charge in [0.15, 0.2) is 0 Å². The van der Waals surface area contributed by atoms with Gasteiger partial charge in [-0.3, -0.25) is 4.79 Å². The molecular formula is C9H14O2. The number of hydrogen-bond acceptors (Lipinski definition) is 2. The zero-order valence-corrected chi connectivity index (χ0v) is 6.84. The number of rotatable bonds is 2. The molecule has 0 radical (unpaired) electrons. The molecule has 0 unspecified atom stereocenters. The van der Waals surface area contributed by atoms with Crippen LogP contribution in [-0.2, 0) is 4.79 Å². The van der Waals surface area contributed by atoms with Crippen molar-refractivity contribution in [2.24, 2.45) is 5.41 Å². The average Bonchev–Trinajstić information content (AvgIpc) is 2.08. The summed E-state index contributed by atoms with van der Waals surface area (Å²) in [6.45, 7) is 5.49. The molecule has 1 N–H and O–H groups in total. The van der Waals surface area contributed by atoms with E-state index in [1.165, 1.54) is 0 Å². The zero-order chi connectivity index (χ0) is 8.48. The molecule has 1 aliphatic carbocycles. The predicted octanol–water partition coefficient (Wildman–Crippen LogP) is 1.29. The maximum absolute atomic E-state index is 11.3. The van der Waals surface area contributed by atoms with Crippen LogP contribution in [0.2, 0.25) is 0 Å². The van der Waals surface area contributed by atoms with E-state index < -0.39 is 6.10 Å². The van der Waals surface area contributed by atoms with Crippen molar-refractivity contribution in [3.63, 3.8) is 0 Å². The molecule has 0 heterocycles. The van der Waals surface area contributed by atoms with Crippen molar-refractivity contribution in [1.29, 1.82) is 0 Å². The van der Waals surface area contributed by atoms with Crippen LogP contribution in [0.15, 0.2) is 12.7 Å². The molecule has 1 saturated carbocycles. The summed E-state index contributed by atoms with van der Waals surface area (Å²) >= 11 is 0. The van der Waals surface area contributed by atoms with Gasteiger partial charge in [-0.2, -0.15) is 0 Å². The topological polar surface area (TPSA) is 37.3 Å². The molecule has 11 heavy (non-hydrogen) atoms.